The lowest BCUT2D eigenvalue weighted by Crippen LogP contribution is -1.91. The molecule has 0 aliphatic carbocycles. The van der Waals surface area contributed by atoms with Crippen LogP contribution in [0.2, 0.25) is 0 Å². The van der Waals surface area contributed by atoms with E-state index in [1.54, 1.807) is 0 Å². The quantitative estimate of drug-likeness (QED) is 0.645. The lowest BCUT2D eigenvalue weighted by Gasteiger charge is -2.13. The Hall–Kier alpha value is -0.930. The zero-order chi connectivity index (χ0) is 12.3. The molecule has 0 spiro atoms. The van der Waals surface area contributed by atoms with Crippen LogP contribution in [0.4, 0.5) is 5.69 Å². The highest BCUT2D eigenvalue weighted by Gasteiger charge is 2.09. The molecule has 0 bridgehead atoms. The zero-order valence-electron chi connectivity index (χ0n) is 9.56. The second-order valence-electron chi connectivity index (χ2n) is 3.86. The van der Waals surface area contributed by atoms with Crippen LogP contribution >= 0.6 is 27.7 Å². The Kier molecular flexibility index (Phi) is 4.13. The van der Waals surface area contributed by atoms with E-state index in [9.17, 15) is 0 Å². The molecule has 0 saturated carbocycles. The van der Waals surface area contributed by atoms with E-state index >= 15 is 0 Å². The van der Waals surface area contributed by atoms with Crippen LogP contribution in [0, 0.1) is 0 Å². The second kappa shape index (κ2) is 5.61. The number of nitrogen functional groups attached to an aromatic ring is 1. The average Bonchev–Trinajstić information content (AvgIpc) is 2.32. The largest absolute Gasteiger partial charge is 0.399 e. The van der Waals surface area contributed by atoms with Crippen LogP contribution < -0.4 is 5.73 Å². The van der Waals surface area contributed by atoms with Crippen molar-refractivity contribution in [2.24, 2.45) is 0 Å². The maximum Gasteiger partial charge on any atom is 0.0317 e. The monoisotopic (exact) mass is 307 g/mol. The first-order chi connectivity index (χ1) is 8.16. The molecule has 2 aromatic carbocycles. The minimum Gasteiger partial charge on any atom is -0.399 e. The highest BCUT2D eigenvalue weighted by atomic mass is 79.9. The van der Waals surface area contributed by atoms with Gasteiger partial charge in [-0.1, -0.05) is 24.3 Å². The molecule has 2 rings (SSSR count). The Morgan fingerprint density at radius 1 is 1.12 bits per heavy atom. The first-order valence-corrected chi connectivity index (χ1v) is 7.10. The Morgan fingerprint density at radius 3 is 2.59 bits per heavy atom. The van der Waals surface area contributed by atoms with Crippen LogP contribution in [0.1, 0.15) is 17.7 Å². The standard InChI is InChI=1S/C14H14BrNS/c1-10(11-5-4-6-12(16)9-11)17-14-8-3-2-7-13(14)15/h2-10H,16H2,1H3. The van der Waals surface area contributed by atoms with Crippen LogP contribution in [0.25, 0.3) is 0 Å². The van der Waals surface area contributed by atoms with Gasteiger partial charge in [-0.05, 0) is 52.7 Å². The molecule has 3 heteroatoms. The summed E-state index contributed by atoms with van der Waals surface area (Å²) >= 11 is 5.40. The summed E-state index contributed by atoms with van der Waals surface area (Å²) in [5, 5.41) is 0.386. The first kappa shape index (κ1) is 12.5. The minimum absolute atomic E-state index is 0.386. The van der Waals surface area contributed by atoms with E-state index < -0.39 is 0 Å². The minimum atomic E-state index is 0.386. The molecule has 0 aliphatic heterocycles. The van der Waals surface area contributed by atoms with Gasteiger partial charge in [0.25, 0.3) is 0 Å². The van der Waals surface area contributed by atoms with Gasteiger partial charge in [-0.25, -0.2) is 0 Å². The van der Waals surface area contributed by atoms with E-state index in [4.69, 9.17) is 5.73 Å². The van der Waals surface area contributed by atoms with Gasteiger partial charge in [-0.15, -0.1) is 11.8 Å². The van der Waals surface area contributed by atoms with E-state index in [1.165, 1.54) is 10.5 Å². The number of rotatable bonds is 3. The normalized spacial score (nSPS) is 12.4. The van der Waals surface area contributed by atoms with E-state index in [2.05, 4.69) is 47.1 Å². The van der Waals surface area contributed by atoms with E-state index in [0.29, 0.717) is 5.25 Å². The van der Waals surface area contributed by atoms with Gasteiger partial charge in [0, 0.05) is 20.3 Å². The molecule has 0 fully saturated rings. The molecule has 88 valence electrons. The third-order valence-electron chi connectivity index (χ3n) is 2.52. The van der Waals surface area contributed by atoms with Crippen LogP contribution in [0.15, 0.2) is 57.9 Å². The van der Waals surface area contributed by atoms with Crippen molar-refractivity contribution in [3.8, 4) is 0 Å². The fraction of sp³-hybridized carbons (Fsp3) is 0.143. The SMILES string of the molecule is CC(Sc1ccccc1Br)c1cccc(N)c1. The van der Waals surface area contributed by atoms with Gasteiger partial charge in [0.15, 0.2) is 0 Å². The van der Waals surface area contributed by atoms with Gasteiger partial charge in [-0.3, -0.25) is 0 Å². The second-order valence-corrected chi connectivity index (χ2v) is 6.10. The summed E-state index contributed by atoms with van der Waals surface area (Å²) in [5.74, 6) is 0. The summed E-state index contributed by atoms with van der Waals surface area (Å²) < 4.78 is 1.14. The highest BCUT2D eigenvalue weighted by Crippen LogP contribution is 2.38. The Morgan fingerprint density at radius 2 is 1.88 bits per heavy atom. The Balaban J connectivity index is 2.17. The molecule has 0 aliphatic rings. The molecule has 1 unspecified atom stereocenters. The highest BCUT2D eigenvalue weighted by molar-refractivity contribution is 9.10. The number of nitrogens with two attached hydrogens (primary N) is 1. The third kappa shape index (κ3) is 3.27. The molecule has 0 radical (unpaired) electrons. The predicted octanol–water partition coefficient (Wildman–Crippen LogP) is 4.88. The van der Waals surface area contributed by atoms with Crippen molar-refractivity contribution in [1.29, 1.82) is 0 Å². The van der Waals surface area contributed by atoms with Crippen LogP contribution in [-0.4, -0.2) is 0 Å². The number of thioether (sulfide) groups is 1. The van der Waals surface area contributed by atoms with Gasteiger partial charge < -0.3 is 5.73 Å². The number of anilines is 1. The molecule has 0 saturated heterocycles. The van der Waals surface area contributed by atoms with Crippen molar-refractivity contribution < 1.29 is 0 Å². The Labute approximate surface area is 115 Å². The van der Waals surface area contributed by atoms with Gasteiger partial charge in [0.1, 0.15) is 0 Å². The lowest BCUT2D eigenvalue weighted by atomic mass is 10.1. The number of halogens is 1. The van der Waals surface area contributed by atoms with Crippen molar-refractivity contribution in [2.45, 2.75) is 17.1 Å². The van der Waals surface area contributed by atoms with Crippen molar-refractivity contribution in [3.63, 3.8) is 0 Å². The fourth-order valence-electron chi connectivity index (χ4n) is 1.61. The number of hydrogen-bond donors (Lipinski definition) is 1. The smallest absolute Gasteiger partial charge is 0.0317 e. The summed E-state index contributed by atoms with van der Waals surface area (Å²) in [6.07, 6.45) is 0. The van der Waals surface area contributed by atoms with Crippen LogP contribution in [-0.2, 0) is 0 Å². The van der Waals surface area contributed by atoms with Crippen molar-refractivity contribution in [1.82, 2.24) is 0 Å². The zero-order valence-corrected chi connectivity index (χ0v) is 12.0. The molecule has 1 atom stereocenters. The van der Waals surface area contributed by atoms with Crippen LogP contribution in [0.5, 0.6) is 0 Å². The van der Waals surface area contributed by atoms with Crippen molar-refractivity contribution in [3.05, 3.63) is 58.6 Å². The molecule has 0 aromatic heterocycles. The van der Waals surface area contributed by atoms with Gasteiger partial charge in [-0.2, -0.15) is 0 Å². The topological polar surface area (TPSA) is 26.0 Å². The molecule has 0 amide bonds. The first-order valence-electron chi connectivity index (χ1n) is 5.43. The van der Waals surface area contributed by atoms with Gasteiger partial charge in [0.05, 0.1) is 0 Å². The van der Waals surface area contributed by atoms with E-state index in [-0.39, 0.29) is 0 Å². The number of benzene rings is 2. The van der Waals surface area contributed by atoms with Gasteiger partial charge in [0.2, 0.25) is 0 Å². The fourth-order valence-corrected chi connectivity index (χ4v) is 3.18. The van der Waals surface area contributed by atoms with Crippen molar-refractivity contribution >= 4 is 33.4 Å². The van der Waals surface area contributed by atoms with Gasteiger partial charge >= 0.3 is 0 Å². The molecule has 1 nitrogen and oxygen atoms in total. The molecule has 2 N–H and O–H groups in total. The molecule has 17 heavy (non-hydrogen) atoms. The summed E-state index contributed by atoms with van der Waals surface area (Å²) in [6.45, 7) is 2.19. The van der Waals surface area contributed by atoms with E-state index in [0.717, 1.165) is 10.2 Å². The van der Waals surface area contributed by atoms with E-state index in [1.807, 2.05) is 36.0 Å². The summed E-state index contributed by atoms with van der Waals surface area (Å²) in [6, 6.07) is 16.3. The maximum atomic E-state index is 5.80. The molecular formula is C14H14BrNS. The average molecular weight is 308 g/mol. The van der Waals surface area contributed by atoms with Crippen molar-refractivity contribution in [2.75, 3.05) is 5.73 Å². The molecule has 0 heterocycles. The molecular weight excluding hydrogens is 294 g/mol. The predicted molar refractivity (Wildman–Crippen MR) is 79.3 cm³/mol. The molecule has 2 aromatic rings. The third-order valence-corrected chi connectivity index (χ3v) is 4.71. The summed E-state index contributed by atoms with van der Waals surface area (Å²) in [5.41, 5.74) is 7.88. The lowest BCUT2D eigenvalue weighted by molar-refractivity contribution is 1.09. The van der Waals surface area contributed by atoms with Crippen LogP contribution in [0.3, 0.4) is 0 Å². The maximum absolute atomic E-state index is 5.80. The summed E-state index contributed by atoms with van der Waals surface area (Å²) in [7, 11) is 0. The number of hydrogen-bond acceptors (Lipinski definition) is 2. The summed E-state index contributed by atoms with van der Waals surface area (Å²) in [4.78, 5) is 1.25. The Bertz CT molecular complexity index is 513.